The van der Waals surface area contributed by atoms with Gasteiger partial charge < -0.3 is 20.4 Å². The Morgan fingerprint density at radius 2 is 1.80 bits per heavy atom. The molecule has 0 unspecified atom stereocenters. The Bertz CT molecular complexity index is 651. The van der Waals surface area contributed by atoms with Crippen LogP contribution in [0.15, 0.2) is 47.8 Å². The fourth-order valence-corrected chi connectivity index (χ4v) is 4.85. The van der Waals surface area contributed by atoms with Crippen LogP contribution < -0.4 is 20.4 Å². The number of thiophene rings is 1. The molecule has 0 bridgehead atoms. The zero-order chi connectivity index (χ0) is 17.6. The summed E-state index contributed by atoms with van der Waals surface area (Å²) in [5, 5.41) is 9.69. The van der Waals surface area contributed by atoms with E-state index in [9.17, 15) is 0 Å². The molecular formula is C19H28N4S2+2. The zero-order valence-corrected chi connectivity index (χ0v) is 16.6. The van der Waals surface area contributed by atoms with E-state index in [0.717, 1.165) is 5.69 Å². The SMILES string of the molecule is C[C@@H](NC(=S)Nc1ccccc1)[C@@H](c1cccs1)[NH+]1CC[NH+](C)CC1. The lowest BCUT2D eigenvalue weighted by Gasteiger charge is -2.36. The Balaban J connectivity index is 1.66. The molecule has 1 fully saturated rings. The first-order valence-electron chi connectivity index (χ1n) is 8.95. The van der Waals surface area contributed by atoms with Crippen LogP contribution in [0.4, 0.5) is 5.69 Å². The lowest BCUT2D eigenvalue weighted by Crippen LogP contribution is -3.27. The molecule has 134 valence electrons. The second-order valence-electron chi connectivity index (χ2n) is 6.86. The van der Waals surface area contributed by atoms with Crippen molar-refractivity contribution in [3.8, 4) is 0 Å². The highest BCUT2D eigenvalue weighted by Gasteiger charge is 2.34. The summed E-state index contributed by atoms with van der Waals surface area (Å²) >= 11 is 7.40. The third-order valence-electron chi connectivity index (χ3n) is 4.93. The number of thiocarbonyl (C=S) groups is 1. The molecule has 0 aliphatic carbocycles. The van der Waals surface area contributed by atoms with Crippen LogP contribution in [-0.2, 0) is 0 Å². The number of quaternary nitrogens is 2. The van der Waals surface area contributed by atoms with E-state index >= 15 is 0 Å². The van der Waals surface area contributed by atoms with Gasteiger partial charge in [0.15, 0.2) is 5.11 Å². The molecule has 2 heterocycles. The van der Waals surface area contributed by atoms with Crippen molar-refractivity contribution in [1.29, 1.82) is 0 Å². The van der Waals surface area contributed by atoms with Crippen LogP contribution in [0.25, 0.3) is 0 Å². The van der Waals surface area contributed by atoms with E-state index in [4.69, 9.17) is 12.2 Å². The average molecular weight is 377 g/mol. The minimum Gasteiger partial charge on any atom is -0.354 e. The first kappa shape index (κ1) is 18.3. The van der Waals surface area contributed by atoms with Gasteiger partial charge in [-0.3, -0.25) is 0 Å². The average Bonchev–Trinajstić information content (AvgIpc) is 3.11. The van der Waals surface area contributed by atoms with Crippen molar-refractivity contribution in [1.82, 2.24) is 5.32 Å². The van der Waals surface area contributed by atoms with E-state index in [-0.39, 0.29) is 6.04 Å². The topological polar surface area (TPSA) is 32.9 Å². The number of likely N-dealkylation sites (N-methyl/N-ethyl adjacent to an activating group) is 1. The number of nitrogens with one attached hydrogen (secondary N) is 4. The smallest absolute Gasteiger partial charge is 0.171 e. The summed E-state index contributed by atoms with van der Waals surface area (Å²) in [7, 11) is 2.29. The molecule has 0 saturated carbocycles. The first-order valence-corrected chi connectivity index (χ1v) is 10.2. The second-order valence-corrected chi connectivity index (χ2v) is 8.25. The van der Waals surface area contributed by atoms with Crippen LogP contribution in [0.2, 0.25) is 0 Å². The summed E-state index contributed by atoms with van der Waals surface area (Å²) in [4.78, 5) is 4.74. The molecule has 1 aliphatic heterocycles. The van der Waals surface area contributed by atoms with Gasteiger partial charge in [0.1, 0.15) is 32.2 Å². The highest BCUT2D eigenvalue weighted by atomic mass is 32.1. The van der Waals surface area contributed by atoms with Gasteiger partial charge >= 0.3 is 0 Å². The second kappa shape index (κ2) is 8.76. The Morgan fingerprint density at radius 1 is 1.08 bits per heavy atom. The van der Waals surface area contributed by atoms with Crippen LogP contribution in [-0.4, -0.2) is 44.4 Å². The standard InChI is InChI=1S/C19H26N4S2/c1-15(20-19(24)21-16-7-4-3-5-8-16)18(17-9-6-14-25-17)23-12-10-22(2)11-13-23/h3-9,14-15,18H,10-13H2,1-2H3,(H2,20,21,24)/p+2/t15-,18+/m1/s1. The molecule has 0 amide bonds. The zero-order valence-electron chi connectivity index (χ0n) is 14.9. The van der Waals surface area contributed by atoms with E-state index < -0.39 is 0 Å². The van der Waals surface area contributed by atoms with Crippen LogP contribution >= 0.6 is 23.6 Å². The fraction of sp³-hybridized carbons (Fsp3) is 0.421. The molecule has 0 spiro atoms. The molecule has 1 aliphatic rings. The van der Waals surface area contributed by atoms with Gasteiger partial charge in [-0.15, -0.1) is 11.3 Å². The number of anilines is 1. The minimum absolute atomic E-state index is 0.274. The van der Waals surface area contributed by atoms with Gasteiger partial charge in [-0.25, -0.2) is 0 Å². The Kier molecular flexibility index (Phi) is 6.42. The van der Waals surface area contributed by atoms with Gasteiger partial charge in [0.2, 0.25) is 0 Å². The quantitative estimate of drug-likeness (QED) is 0.576. The molecular weight excluding hydrogens is 348 g/mol. The van der Waals surface area contributed by atoms with Crippen molar-refractivity contribution in [2.45, 2.75) is 19.0 Å². The van der Waals surface area contributed by atoms with Crippen molar-refractivity contribution in [3.05, 3.63) is 52.7 Å². The third-order valence-corrected chi connectivity index (χ3v) is 6.10. The van der Waals surface area contributed by atoms with Crippen molar-refractivity contribution in [2.24, 2.45) is 0 Å². The summed E-state index contributed by atoms with van der Waals surface area (Å²) in [6.07, 6.45) is 0. The third kappa shape index (κ3) is 5.01. The lowest BCUT2D eigenvalue weighted by atomic mass is 10.1. The van der Waals surface area contributed by atoms with Crippen molar-refractivity contribution < 1.29 is 9.80 Å². The number of hydrogen-bond acceptors (Lipinski definition) is 2. The van der Waals surface area contributed by atoms with Crippen molar-refractivity contribution in [2.75, 3.05) is 38.5 Å². The minimum atomic E-state index is 0.274. The summed E-state index contributed by atoms with van der Waals surface area (Å²) < 4.78 is 0. The van der Waals surface area contributed by atoms with Gasteiger partial charge in [-0.2, -0.15) is 0 Å². The number of para-hydroxylation sites is 1. The highest BCUT2D eigenvalue weighted by molar-refractivity contribution is 7.80. The number of rotatable bonds is 5. The van der Waals surface area contributed by atoms with E-state index in [1.807, 2.05) is 41.7 Å². The summed E-state index contributed by atoms with van der Waals surface area (Å²) in [5.74, 6) is 0. The molecule has 1 saturated heterocycles. The normalized spacial score (nSPS) is 22.8. The molecule has 1 aromatic heterocycles. The Morgan fingerprint density at radius 3 is 2.44 bits per heavy atom. The molecule has 2 aromatic rings. The summed E-state index contributed by atoms with van der Waals surface area (Å²) in [6, 6.07) is 15.2. The van der Waals surface area contributed by atoms with Crippen molar-refractivity contribution >= 4 is 34.4 Å². The monoisotopic (exact) mass is 376 g/mol. The largest absolute Gasteiger partial charge is 0.354 e. The van der Waals surface area contributed by atoms with Gasteiger partial charge in [0, 0.05) is 5.69 Å². The number of benzene rings is 1. The molecule has 6 heteroatoms. The van der Waals surface area contributed by atoms with Crippen molar-refractivity contribution in [3.63, 3.8) is 0 Å². The fourth-order valence-electron chi connectivity index (χ4n) is 3.56. The van der Waals surface area contributed by atoms with E-state index in [2.05, 4.69) is 42.1 Å². The Hall–Kier alpha value is -1.47. The van der Waals surface area contributed by atoms with Gasteiger partial charge in [-0.05, 0) is 42.7 Å². The van der Waals surface area contributed by atoms with Crippen LogP contribution in [0.5, 0.6) is 0 Å². The van der Waals surface area contributed by atoms with Gasteiger partial charge in [0.25, 0.3) is 0 Å². The molecule has 25 heavy (non-hydrogen) atoms. The first-order chi connectivity index (χ1) is 12.1. The molecule has 4 N–H and O–H groups in total. The summed E-state index contributed by atoms with van der Waals surface area (Å²) in [6.45, 7) is 7.13. The van der Waals surface area contributed by atoms with Gasteiger partial charge in [0.05, 0.1) is 18.0 Å². The maximum Gasteiger partial charge on any atom is 0.171 e. The predicted octanol–water partition coefficient (Wildman–Crippen LogP) is 0.578. The van der Waals surface area contributed by atoms with Gasteiger partial charge in [-0.1, -0.05) is 24.3 Å². The lowest BCUT2D eigenvalue weighted by molar-refractivity contribution is -1.02. The molecule has 0 radical (unpaired) electrons. The number of piperazine rings is 1. The van der Waals surface area contributed by atoms with Crippen LogP contribution in [0.1, 0.15) is 17.8 Å². The molecule has 4 nitrogen and oxygen atoms in total. The highest BCUT2D eigenvalue weighted by Crippen LogP contribution is 2.20. The predicted molar refractivity (Wildman–Crippen MR) is 110 cm³/mol. The summed E-state index contributed by atoms with van der Waals surface area (Å²) in [5.41, 5.74) is 1.02. The molecule has 3 rings (SSSR count). The van der Waals surface area contributed by atoms with E-state index in [1.165, 1.54) is 31.1 Å². The van der Waals surface area contributed by atoms with Crippen LogP contribution in [0, 0.1) is 0 Å². The maximum atomic E-state index is 5.55. The maximum absolute atomic E-state index is 5.55. The Labute approximate surface area is 159 Å². The molecule has 2 atom stereocenters. The van der Waals surface area contributed by atoms with E-state index in [0.29, 0.717) is 11.2 Å². The number of hydrogen-bond donors (Lipinski definition) is 4. The van der Waals surface area contributed by atoms with Crippen LogP contribution in [0.3, 0.4) is 0 Å². The van der Waals surface area contributed by atoms with E-state index in [1.54, 1.807) is 9.80 Å². The molecule has 1 aromatic carbocycles.